The van der Waals surface area contributed by atoms with Crippen molar-refractivity contribution in [2.45, 2.75) is 17.1 Å². The van der Waals surface area contributed by atoms with Gasteiger partial charge < -0.3 is 5.32 Å². The Bertz CT molecular complexity index is 762. The van der Waals surface area contributed by atoms with Gasteiger partial charge in [-0.3, -0.25) is 4.90 Å². The first-order valence-electron chi connectivity index (χ1n) is 7.36. The molecular weight excluding hydrogens is 416 g/mol. The fraction of sp³-hybridized carbons (Fsp3) is 0.500. The van der Waals surface area contributed by atoms with Crippen LogP contribution in [0.25, 0.3) is 0 Å². The van der Waals surface area contributed by atoms with Gasteiger partial charge in [-0.25, -0.2) is 13.1 Å². The van der Waals surface area contributed by atoms with E-state index in [-0.39, 0.29) is 41.0 Å². The van der Waals surface area contributed by atoms with Crippen LogP contribution in [0.4, 0.5) is 13.2 Å². The average Bonchev–Trinajstić information content (AvgIpc) is 2.54. The summed E-state index contributed by atoms with van der Waals surface area (Å²) >= 11 is 5.84. The second-order valence-electron chi connectivity index (χ2n) is 5.45. The molecule has 26 heavy (non-hydrogen) atoms. The van der Waals surface area contributed by atoms with Crippen molar-refractivity contribution in [1.29, 1.82) is 5.26 Å². The van der Waals surface area contributed by atoms with Crippen molar-refractivity contribution in [3.8, 4) is 6.07 Å². The molecule has 0 radical (unpaired) electrons. The third-order valence-electron chi connectivity index (χ3n) is 3.79. The van der Waals surface area contributed by atoms with Crippen molar-refractivity contribution in [1.82, 2.24) is 14.9 Å². The lowest BCUT2D eigenvalue weighted by atomic mass is 10.2. The minimum atomic E-state index is -4.58. The Morgan fingerprint density at radius 3 is 2.46 bits per heavy atom. The molecule has 1 fully saturated rings. The number of rotatable bonds is 5. The lowest BCUT2D eigenvalue weighted by Crippen LogP contribution is -2.57. The summed E-state index contributed by atoms with van der Waals surface area (Å²) in [5, 5.41) is 11.5. The maximum atomic E-state index is 13.3. The summed E-state index contributed by atoms with van der Waals surface area (Å²) in [5.41, 5.74) is 0.151. The molecule has 146 valence electrons. The Morgan fingerprint density at radius 2 is 1.96 bits per heavy atom. The molecule has 0 bridgehead atoms. The molecule has 1 saturated heterocycles. The lowest BCUT2D eigenvalue weighted by Gasteiger charge is -2.35. The number of hydrogen-bond acceptors (Lipinski definition) is 5. The predicted molar refractivity (Wildman–Crippen MR) is 92.9 cm³/mol. The molecule has 1 aromatic carbocycles. The van der Waals surface area contributed by atoms with Crippen LogP contribution in [0.2, 0.25) is 5.02 Å². The minimum Gasteiger partial charge on any atom is -0.314 e. The van der Waals surface area contributed by atoms with Crippen LogP contribution in [0.1, 0.15) is 5.56 Å². The van der Waals surface area contributed by atoms with E-state index in [0.717, 1.165) is 12.1 Å². The molecule has 0 spiro atoms. The van der Waals surface area contributed by atoms with Crippen molar-refractivity contribution in [3.63, 3.8) is 0 Å². The van der Waals surface area contributed by atoms with Crippen LogP contribution in [-0.4, -0.2) is 58.3 Å². The predicted octanol–water partition coefficient (Wildman–Crippen LogP) is 1.75. The van der Waals surface area contributed by atoms with E-state index in [1.165, 1.54) is 11.0 Å². The number of nitrogens with zero attached hydrogens (tertiary/aromatic N) is 2. The molecule has 1 heterocycles. The van der Waals surface area contributed by atoms with E-state index in [1.54, 1.807) is 6.07 Å². The third-order valence-corrected chi connectivity index (χ3v) is 5.69. The Labute approximate surface area is 160 Å². The quantitative estimate of drug-likeness (QED) is 0.739. The number of sulfonamides is 1. The zero-order valence-corrected chi connectivity index (χ0v) is 15.8. The monoisotopic (exact) mass is 432 g/mol. The molecule has 1 atom stereocenters. The molecule has 1 unspecified atom stereocenters. The fourth-order valence-electron chi connectivity index (χ4n) is 2.50. The van der Waals surface area contributed by atoms with Crippen molar-refractivity contribution >= 4 is 34.0 Å². The van der Waals surface area contributed by atoms with Gasteiger partial charge in [0.25, 0.3) is 0 Å². The normalized spacial score (nSPS) is 17.2. The number of hydrogen-bond donors (Lipinski definition) is 2. The first-order valence-corrected chi connectivity index (χ1v) is 9.22. The van der Waals surface area contributed by atoms with Crippen LogP contribution in [0.5, 0.6) is 0 Å². The van der Waals surface area contributed by atoms with Crippen LogP contribution in [0.15, 0.2) is 23.1 Å². The number of benzene rings is 1. The third kappa shape index (κ3) is 5.70. The fourth-order valence-corrected chi connectivity index (χ4v) is 4.08. The summed E-state index contributed by atoms with van der Waals surface area (Å²) < 4.78 is 66.5. The molecular formula is C14H17Cl2F3N4O2S. The molecule has 2 N–H and O–H groups in total. The summed E-state index contributed by atoms with van der Waals surface area (Å²) in [6, 6.07) is 3.34. The average molecular weight is 433 g/mol. The van der Waals surface area contributed by atoms with E-state index >= 15 is 0 Å². The molecule has 12 heteroatoms. The molecule has 0 aliphatic carbocycles. The van der Waals surface area contributed by atoms with Gasteiger partial charge >= 0.3 is 6.18 Å². The van der Waals surface area contributed by atoms with Gasteiger partial charge in [0.05, 0.1) is 16.7 Å². The Hall–Kier alpha value is -1.09. The van der Waals surface area contributed by atoms with Gasteiger partial charge in [-0.05, 0) is 18.2 Å². The lowest BCUT2D eigenvalue weighted by molar-refractivity contribution is -0.182. The second kappa shape index (κ2) is 9.21. The minimum absolute atomic E-state index is 0. The van der Waals surface area contributed by atoms with E-state index in [2.05, 4.69) is 5.32 Å². The molecule has 1 aromatic rings. The Morgan fingerprint density at radius 1 is 1.35 bits per heavy atom. The van der Waals surface area contributed by atoms with Crippen molar-refractivity contribution in [2.24, 2.45) is 0 Å². The van der Waals surface area contributed by atoms with E-state index < -0.39 is 28.8 Å². The summed E-state index contributed by atoms with van der Waals surface area (Å²) in [5.74, 6) is 0. The topological polar surface area (TPSA) is 85.2 Å². The van der Waals surface area contributed by atoms with Crippen LogP contribution < -0.4 is 10.0 Å². The molecule has 0 amide bonds. The highest BCUT2D eigenvalue weighted by atomic mass is 35.5. The van der Waals surface area contributed by atoms with Crippen LogP contribution >= 0.6 is 24.0 Å². The van der Waals surface area contributed by atoms with Gasteiger partial charge in [0.2, 0.25) is 10.0 Å². The first-order chi connectivity index (χ1) is 11.6. The zero-order valence-electron chi connectivity index (χ0n) is 13.4. The molecule has 0 saturated carbocycles. The molecule has 1 aliphatic rings. The first kappa shape index (κ1) is 23.0. The summed E-state index contributed by atoms with van der Waals surface area (Å²) in [4.78, 5) is 0.828. The van der Waals surface area contributed by atoms with Crippen molar-refractivity contribution < 1.29 is 21.6 Å². The van der Waals surface area contributed by atoms with E-state index in [9.17, 15) is 21.6 Å². The van der Waals surface area contributed by atoms with Gasteiger partial charge in [0, 0.05) is 32.7 Å². The summed E-state index contributed by atoms with van der Waals surface area (Å²) in [6.07, 6.45) is -4.58. The van der Waals surface area contributed by atoms with Crippen LogP contribution in [0.3, 0.4) is 0 Å². The largest absolute Gasteiger partial charge is 0.405 e. The Balaban J connectivity index is 0.00000338. The highest BCUT2D eigenvalue weighted by Crippen LogP contribution is 2.26. The summed E-state index contributed by atoms with van der Waals surface area (Å²) in [6.45, 7) is 0.330. The van der Waals surface area contributed by atoms with Crippen LogP contribution in [0, 0.1) is 11.3 Å². The summed E-state index contributed by atoms with van der Waals surface area (Å²) in [7, 11) is -4.24. The Kier molecular flexibility index (Phi) is 8.13. The number of piperazine rings is 1. The molecule has 1 aliphatic heterocycles. The van der Waals surface area contributed by atoms with E-state index in [0.29, 0.717) is 13.1 Å². The van der Waals surface area contributed by atoms with E-state index in [1.807, 2.05) is 4.72 Å². The standard InChI is InChI=1S/C14H16ClF3N4O2S.ClH/c15-11-7-10(8-19)1-2-12(11)25(23,24)21-9-13(14(16,17)18)22-5-3-20-4-6-22;/h1-2,7,13,20-21H,3-6,9H2;1H. The number of halogens is 5. The molecule has 0 aromatic heterocycles. The van der Waals surface area contributed by atoms with Gasteiger partial charge in [-0.1, -0.05) is 11.6 Å². The van der Waals surface area contributed by atoms with Gasteiger partial charge in [-0.15, -0.1) is 12.4 Å². The smallest absolute Gasteiger partial charge is 0.314 e. The number of nitrogens with one attached hydrogen (secondary N) is 2. The number of alkyl halides is 3. The highest BCUT2D eigenvalue weighted by Gasteiger charge is 2.44. The number of nitriles is 1. The maximum Gasteiger partial charge on any atom is 0.405 e. The van der Waals surface area contributed by atoms with Gasteiger partial charge in [0.1, 0.15) is 10.9 Å². The molecule has 6 nitrogen and oxygen atoms in total. The molecule has 2 rings (SSSR count). The second-order valence-corrected chi connectivity index (χ2v) is 7.59. The van der Waals surface area contributed by atoms with Crippen LogP contribution in [-0.2, 0) is 10.0 Å². The van der Waals surface area contributed by atoms with Gasteiger partial charge in [-0.2, -0.15) is 18.4 Å². The van der Waals surface area contributed by atoms with Crippen molar-refractivity contribution in [2.75, 3.05) is 32.7 Å². The van der Waals surface area contributed by atoms with Gasteiger partial charge in [0.15, 0.2) is 0 Å². The van der Waals surface area contributed by atoms with E-state index in [4.69, 9.17) is 16.9 Å². The zero-order chi connectivity index (χ0) is 18.7. The van der Waals surface area contributed by atoms with Crippen molar-refractivity contribution in [3.05, 3.63) is 28.8 Å². The highest BCUT2D eigenvalue weighted by molar-refractivity contribution is 7.89. The maximum absolute atomic E-state index is 13.3. The SMILES string of the molecule is Cl.N#Cc1ccc(S(=O)(=O)NCC(N2CCNCC2)C(F)(F)F)c(Cl)c1.